The SMILES string of the molecule is O=C(O)CC1CCN(C(=O)CC2CCCCC2)CC1. The summed E-state index contributed by atoms with van der Waals surface area (Å²) in [4.78, 5) is 24.8. The van der Waals surface area contributed by atoms with Crippen LogP contribution in [0.3, 0.4) is 0 Å². The van der Waals surface area contributed by atoms with Crippen LogP contribution in [-0.2, 0) is 9.59 Å². The number of carboxylic acid groups (broad SMARTS) is 1. The van der Waals surface area contributed by atoms with Gasteiger partial charge in [-0.15, -0.1) is 0 Å². The van der Waals surface area contributed by atoms with Gasteiger partial charge >= 0.3 is 5.97 Å². The van der Waals surface area contributed by atoms with Gasteiger partial charge in [0.05, 0.1) is 0 Å². The van der Waals surface area contributed by atoms with Gasteiger partial charge in [-0.2, -0.15) is 0 Å². The van der Waals surface area contributed by atoms with E-state index in [0.29, 0.717) is 18.2 Å². The number of nitrogens with zero attached hydrogens (tertiary/aromatic N) is 1. The number of carboxylic acids is 1. The molecule has 0 aromatic rings. The summed E-state index contributed by atoms with van der Waals surface area (Å²) in [5.74, 6) is 0.432. The Bertz CT molecular complexity index is 315. The molecule has 1 amide bonds. The lowest BCUT2D eigenvalue weighted by molar-refractivity contribution is -0.138. The van der Waals surface area contributed by atoms with E-state index in [0.717, 1.165) is 25.9 Å². The molecule has 1 N–H and O–H groups in total. The molecule has 0 spiro atoms. The van der Waals surface area contributed by atoms with Gasteiger partial charge in [0.1, 0.15) is 0 Å². The number of piperidine rings is 1. The number of hydrogen-bond acceptors (Lipinski definition) is 2. The molecule has 1 saturated heterocycles. The highest BCUT2D eigenvalue weighted by atomic mass is 16.4. The monoisotopic (exact) mass is 267 g/mol. The van der Waals surface area contributed by atoms with Crippen molar-refractivity contribution in [2.24, 2.45) is 11.8 Å². The molecule has 1 saturated carbocycles. The molecule has 4 nitrogen and oxygen atoms in total. The van der Waals surface area contributed by atoms with Gasteiger partial charge < -0.3 is 10.0 Å². The first-order valence-corrected chi connectivity index (χ1v) is 7.64. The van der Waals surface area contributed by atoms with E-state index < -0.39 is 5.97 Å². The molecule has 2 fully saturated rings. The van der Waals surface area contributed by atoms with Crippen LogP contribution in [0.1, 0.15) is 57.8 Å². The summed E-state index contributed by atoms with van der Waals surface area (Å²) in [6, 6.07) is 0. The molecular weight excluding hydrogens is 242 g/mol. The summed E-state index contributed by atoms with van der Waals surface area (Å²) in [7, 11) is 0. The summed E-state index contributed by atoms with van der Waals surface area (Å²) in [6.07, 6.45) is 8.96. The predicted molar refractivity (Wildman–Crippen MR) is 72.7 cm³/mol. The van der Waals surface area contributed by atoms with E-state index in [2.05, 4.69) is 0 Å². The fourth-order valence-electron chi connectivity index (χ4n) is 3.40. The Kier molecular flexibility index (Phi) is 5.23. The van der Waals surface area contributed by atoms with Crippen molar-refractivity contribution in [2.75, 3.05) is 13.1 Å². The normalized spacial score (nSPS) is 22.4. The Morgan fingerprint density at radius 3 is 2.05 bits per heavy atom. The van der Waals surface area contributed by atoms with E-state index in [9.17, 15) is 9.59 Å². The predicted octanol–water partition coefficient (Wildman–Crippen LogP) is 2.67. The standard InChI is InChI=1S/C15H25NO3/c17-14(10-12-4-2-1-3-5-12)16-8-6-13(7-9-16)11-15(18)19/h12-13H,1-11H2,(H,18,19). The molecule has 0 unspecified atom stereocenters. The van der Waals surface area contributed by atoms with Crippen LogP contribution in [0.2, 0.25) is 0 Å². The Morgan fingerprint density at radius 2 is 1.47 bits per heavy atom. The van der Waals surface area contributed by atoms with Crippen LogP contribution in [0.15, 0.2) is 0 Å². The van der Waals surface area contributed by atoms with Gasteiger partial charge in [-0.3, -0.25) is 9.59 Å². The summed E-state index contributed by atoms with van der Waals surface area (Å²) < 4.78 is 0. The van der Waals surface area contributed by atoms with Crippen molar-refractivity contribution in [3.8, 4) is 0 Å². The van der Waals surface area contributed by atoms with E-state index >= 15 is 0 Å². The van der Waals surface area contributed by atoms with Crippen LogP contribution < -0.4 is 0 Å². The third-order valence-electron chi connectivity index (χ3n) is 4.62. The fourth-order valence-corrected chi connectivity index (χ4v) is 3.40. The van der Waals surface area contributed by atoms with Gasteiger partial charge in [-0.05, 0) is 37.5 Å². The molecule has 0 atom stereocenters. The maximum absolute atomic E-state index is 12.2. The minimum atomic E-state index is -0.716. The lowest BCUT2D eigenvalue weighted by Gasteiger charge is -2.33. The van der Waals surface area contributed by atoms with E-state index in [1.807, 2.05) is 4.90 Å². The minimum absolute atomic E-state index is 0.255. The zero-order chi connectivity index (χ0) is 13.7. The highest BCUT2D eigenvalue weighted by Gasteiger charge is 2.26. The summed E-state index contributed by atoms with van der Waals surface area (Å²) in [5.41, 5.74) is 0. The summed E-state index contributed by atoms with van der Waals surface area (Å²) >= 11 is 0. The number of carbonyl (C=O) groups is 2. The van der Waals surface area contributed by atoms with Crippen molar-refractivity contribution in [2.45, 2.75) is 57.8 Å². The van der Waals surface area contributed by atoms with Crippen molar-refractivity contribution < 1.29 is 14.7 Å². The summed E-state index contributed by atoms with van der Waals surface area (Å²) in [6.45, 7) is 1.51. The van der Waals surface area contributed by atoms with Gasteiger partial charge in [0.15, 0.2) is 0 Å². The molecule has 108 valence electrons. The molecule has 2 rings (SSSR count). The first-order valence-electron chi connectivity index (χ1n) is 7.64. The first kappa shape index (κ1) is 14.4. The van der Waals surface area contributed by atoms with E-state index in [1.165, 1.54) is 32.1 Å². The van der Waals surface area contributed by atoms with Crippen LogP contribution >= 0.6 is 0 Å². The van der Waals surface area contributed by atoms with Crippen molar-refractivity contribution in [3.63, 3.8) is 0 Å². The van der Waals surface area contributed by atoms with Crippen LogP contribution in [0.25, 0.3) is 0 Å². The van der Waals surface area contributed by atoms with Crippen LogP contribution in [0.5, 0.6) is 0 Å². The lowest BCUT2D eigenvalue weighted by Crippen LogP contribution is -2.39. The number of aliphatic carboxylic acids is 1. The largest absolute Gasteiger partial charge is 0.481 e. The molecular formula is C15H25NO3. The van der Waals surface area contributed by atoms with Crippen molar-refractivity contribution in [1.82, 2.24) is 4.90 Å². The molecule has 1 aliphatic carbocycles. The molecule has 1 heterocycles. The van der Waals surface area contributed by atoms with Crippen LogP contribution in [0, 0.1) is 11.8 Å². The smallest absolute Gasteiger partial charge is 0.303 e. The van der Waals surface area contributed by atoms with Crippen LogP contribution in [-0.4, -0.2) is 35.0 Å². The van der Waals surface area contributed by atoms with Crippen molar-refractivity contribution in [3.05, 3.63) is 0 Å². The second-order valence-electron chi connectivity index (χ2n) is 6.13. The molecule has 1 aliphatic heterocycles. The Labute approximate surface area is 115 Å². The number of hydrogen-bond donors (Lipinski definition) is 1. The Balaban J connectivity index is 1.71. The van der Waals surface area contributed by atoms with Gasteiger partial charge in [0.25, 0.3) is 0 Å². The molecule has 4 heteroatoms. The van der Waals surface area contributed by atoms with E-state index in [1.54, 1.807) is 0 Å². The second kappa shape index (κ2) is 6.92. The lowest BCUT2D eigenvalue weighted by atomic mass is 9.86. The molecule has 0 aromatic heterocycles. The number of rotatable bonds is 4. The zero-order valence-electron chi connectivity index (χ0n) is 11.6. The average Bonchev–Trinajstić information content (AvgIpc) is 2.40. The number of amides is 1. The molecule has 0 bridgehead atoms. The summed E-state index contributed by atoms with van der Waals surface area (Å²) in [5, 5.41) is 8.78. The molecule has 0 aromatic carbocycles. The quantitative estimate of drug-likeness (QED) is 0.852. The first-order chi connectivity index (χ1) is 9.15. The maximum atomic E-state index is 12.2. The number of carbonyl (C=O) groups excluding carboxylic acids is 1. The fraction of sp³-hybridized carbons (Fsp3) is 0.867. The Hall–Kier alpha value is -1.06. The maximum Gasteiger partial charge on any atom is 0.303 e. The third-order valence-corrected chi connectivity index (χ3v) is 4.62. The van der Waals surface area contributed by atoms with Gasteiger partial charge in [-0.25, -0.2) is 0 Å². The molecule has 2 aliphatic rings. The van der Waals surface area contributed by atoms with Gasteiger partial charge in [-0.1, -0.05) is 19.3 Å². The molecule has 0 radical (unpaired) electrons. The van der Waals surface area contributed by atoms with E-state index in [4.69, 9.17) is 5.11 Å². The average molecular weight is 267 g/mol. The highest BCUT2D eigenvalue weighted by Crippen LogP contribution is 2.28. The minimum Gasteiger partial charge on any atom is -0.481 e. The van der Waals surface area contributed by atoms with Crippen molar-refractivity contribution in [1.29, 1.82) is 0 Å². The zero-order valence-corrected chi connectivity index (χ0v) is 11.6. The molecule has 19 heavy (non-hydrogen) atoms. The topological polar surface area (TPSA) is 57.6 Å². The third kappa shape index (κ3) is 4.51. The van der Waals surface area contributed by atoms with E-state index in [-0.39, 0.29) is 12.3 Å². The highest BCUT2D eigenvalue weighted by molar-refractivity contribution is 5.76. The van der Waals surface area contributed by atoms with Crippen molar-refractivity contribution >= 4 is 11.9 Å². The Morgan fingerprint density at radius 1 is 0.895 bits per heavy atom. The van der Waals surface area contributed by atoms with Crippen LogP contribution in [0.4, 0.5) is 0 Å². The van der Waals surface area contributed by atoms with Gasteiger partial charge in [0, 0.05) is 25.9 Å². The number of likely N-dealkylation sites (tertiary alicyclic amines) is 1. The second-order valence-corrected chi connectivity index (χ2v) is 6.13. The van der Waals surface area contributed by atoms with Gasteiger partial charge in [0.2, 0.25) is 5.91 Å².